The minimum atomic E-state index is -0.559. The van der Waals surface area contributed by atoms with Crippen molar-refractivity contribution < 1.29 is 14.6 Å². The van der Waals surface area contributed by atoms with Crippen LogP contribution < -0.4 is 14.8 Å². The van der Waals surface area contributed by atoms with Crippen LogP contribution in [0.1, 0.15) is 30.0 Å². The number of nitrogens with zero attached hydrogens (tertiary/aromatic N) is 3. The largest absolute Gasteiger partial charge is 0.493 e. The molecule has 1 unspecified atom stereocenters. The summed E-state index contributed by atoms with van der Waals surface area (Å²) in [6, 6.07) is 6.24. The number of benzene rings is 1. The summed E-state index contributed by atoms with van der Waals surface area (Å²) in [4.78, 5) is 9.00. The summed E-state index contributed by atoms with van der Waals surface area (Å²) in [7, 11) is 3.62. The lowest BCUT2D eigenvalue weighted by Crippen LogP contribution is -2.36. The van der Waals surface area contributed by atoms with E-state index in [0.29, 0.717) is 37.2 Å². The van der Waals surface area contributed by atoms with Gasteiger partial charge in [-0.1, -0.05) is 6.07 Å². The smallest absolute Gasteiger partial charge is 0.194 e. The number of aliphatic hydroxyl groups excluding tert-OH is 1. The first-order valence-electron chi connectivity index (χ1n) is 10.2. The average molecular weight is 433 g/mol. The van der Waals surface area contributed by atoms with Gasteiger partial charge in [0, 0.05) is 42.9 Å². The van der Waals surface area contributed by atoms with Crippen molar-refractivity contribution in [3.8, 4) is 11.5 Å². The highest BCUT2D eigenvalue weighted by Crippen LogP contribution is 2.28. The number of nitrogens with one attached hydrogen (secondary N) is 1. The van der Waals surface area contributed by atoms with Gasteiger partial charge < -0.3 is 24.8 Å². The summed E-state index contributed by atoms with van der Waals surface area (Å²) in [5, 5.41) is 13.6. The van der Waals surface area contributed by atoms with E-state index in [0.717, 1.165) is 16.2 Å². The number of likely N-dealkylation sites (N-methyl/N-ethyl adjacent to an activating group) is 1. The van der Waals surface area contributed by atoms with E-state index >= 15 is 0 Å². The molecule has 2 aromatic heterocycles. The molecule has 3 aromatic rings. The topological polar surface area (TPSA) is 71.3 Å². The molecule has 0 radical (unpaired) electrons. The molecule has 0 aliphatic rings. The van der Waals surface area contributed by atoms with Crippen LogP contribution in [0, 0.1) is 6.92 Å². The first kappa shape index (κ1) is 22.6. The molecule has 0 saturated heterocycles. The van der Waals surface area contributed by atoms with Gasteiger partial charge in [0.15, 0.2) is 16.5 Å². The summed E-state index contributed by atoms with van der Waals surface area (Å²) in [5.74, 6) is 1.30. The second-order valence-electron chi connectivity index (χ2n) is 7.85. The summed E-state index contributed by atoms with van der Waals surface area (Å²) in [6.45, 7) is 8.46. The summed E-state index contributed by atoms with van der Waals surface area (Å²) < 4.78 is 13.4. The van der Waals surface area contributed by atoms with Crippen LogP contribution in [-0.2, 0) is 13.1 Å². The Morgan fingerprint density at radius 1 is 1.23 bits per heavy atom. The Balaban J connectivity index is 1.51. The Morgan fingerprint density at radius 3 is 2.73 bits per heavy atom. The second-order valence-corrected chi connectivity index (χ2v) is 9.06. The maximum Gasteiger partial charge on any atom is 0.194 e. The Kier molecular flexibility index (Phi) is 7.71. The van der Waals surface area contributed by atoms with Gasteiger partial charge >= 0.3 is 0 Å². The Labute approximate surface area is 182 Å². The van der Waals surface area contributed by atoms with Crippen LogP contribution in [-0.4, -0.2) is 58.8 Å². The van der Waals surface area contributed by atoms with Crippen LogP contribution >= 0.6 is 11.3 Å². The summed E-state index contributed by atoms with van der Waals surface area (Å²) in [5.41, 5.74) is 2.12. The molecule has 2 N–H and O–H groups in total. The van der Waals surface area contributed by atoms with Crippen molar-refractivity contribution in [1.29, 1.82) is 0 Å². The van der Waals surface area contributed by atoms with Gasteiger partial charge in [-0.2, -0.15) is 0 Å². The van der Waals surface area contributed by atoms with E-state index in [1.807, 2.05) is 25.2 Å². The molecular formula is C22H32N4O3S. The predicted molar refractivity (Wildman–Crippen MR) is 121 cm³/mol. The normalized spacial score (nSPS) is 12.8. The predicted octanol–water partition coefficient (Wildman–Crippen LogP) is 3.08. The molecule has 0 bridgehead atoms. The zero-order chi connectivity index (χ0) is 21.7. The van der Waals surface area contributed by atoms with Gasteiger partial charge in [0.1, 0.15) is 12.7 Å². The molecule has 1 aromatic carbocycles. The first-order chi connectivity index (χ1) is 14.4. The van der Waals surface area contributed by atoms with Gasteiger partial charge in [0.2, 0.25) is 0 Å². The zero-order valence-corrected chi connectivity index (χ0v) is 19.2. The number of hydrogen-bond acceptors (Lipinski definition) is 7. The van der Waals surface area contributed by atoms with Crippen molar-refractivity contribution in [3.63, 3.8) is 0 Å². The Morgan fingerprint density at radius 2 is 2.03 bits per heavy atom. The number of thiazole rings is 1. The molecule has 164 valence electrons. The van der Waals surface area contributed by atoms with Crippen molar-refractivity contribution in [1.82, 2.24) is 19.6 Å². The van der Waals surface area contributed by atoms with Crippen LogP contribution in [0.4, 0.5) is 0 Å². The quantitative estimate of drug-likeness (QED) is 0.485. The highest BCUT2D eigenvalue weighted by molar-refractivity contribution is 7.16. The van der Waals surface area contributed by atoms with E-state index in [1.165, 1.54) is 4.88 Å². The lowest BCUT2D eigenvalue weighted by molar-refractivity contribution is 0.0668. The van der Waals surface area contributed by atoms with Gasteiger partial charge in [-0.3, -0.25) is 4.40 Å². The molecule has 2 heterocycles. The number of aromatic nitrogens is 2. The van der Waals surface area contributed by atoms with E-state index < -0.39 is 6.10 Å². The number of hydrogen-bond donors (Lipinski definition) is 2. The van der Waals surface area contributed by atoms with Crippen LogP contribution in [0.15, 0.2) is 30.6 Å². The number of rotatable bonds is 11. The van der Waals surface area contributed by atoms with E-state index in [4.69, 9.17) is 9.47 Å². The molecule has 0 aliphatic carbocycles. The molecule has 0 fully saturated rings. The third-order valence-corrected chi connectivity index (χ3v) is 5.91. The van der Waals surface area contributed by atoms with Crippen LogP contribution in [0.3, 0.4) is 0 Å². The molecule has 3 rings (SSSR count). The monoisotopic (exact) mass is 432 g/mol. The molecule has 7 nitrogen and oxygen atoms in total. The maximum atomic E-state index is 10.2. The van der Waals surface area contributed by atoms with Crippen molar-refractivity contribution >= 4 is 16.3 Å². The standard InChI is InChI=1S/C22H32N4O3S/c1-15(2)25(4)13-19(27)14-29-20-7-6-17(8-21(20)28-5)9-23-10-18-12-26-11-16(3)30-22(26)24-18/h6-8,11-12,15,19,23,27H,9-10,13-14H2,1-5H3. The Hall–Kier alpha value is -2.13. The fourth-order valence-corrected chi connectivity index (χ4v) is 3.93. The number of imidazole rings is 1. The summed E-state index contributed by atoms with van der Waals surface area (Å²) >= 11 is 1.69. The molecule has 0 saturated carbocycles. The van der Waals surface area contributed by atoms with Crippen molar-refractivity contribution in [2.75, 3.05) is 27.3 Å². The summed E-state index contributed by atoms with van der Waals surface area (Å²) in [6.07, 6.45) is 3.60. The fraction of sp³-hybridized carbons (Fsp3) is 0.500. The minimum Gasteiger partial charge on any atom is -0.493 e. The SMILES string of the molecule is COc1cc(CNCc2cn3cc(C)sc3n2)ccc1OCC(O)CN(C)C(C)C. The average Bonchev–Trinajstić information content (AvgIpc) is 3.23. The van der Waals surface area contributed by atoms with E-state index in [-0.39, 0.29) is 6.61 Å². The van der Waals surface area contributed by atoms with Crippen molar-refractivity contribution in [2.24, 2.45) is 0 Å². The van der Waals surface area contributed by atoms with Crippen LogP contribution in [0.5, 0.6) is 11.5 Å². The molecule has 0 spiro atoms. The highest BCUT2D eigenvalue weighted by atomic mass is 32.1. The third kappa shape index (κ3) is 5.95. The van der Waals surface area contributed by atoms with Gasteiger partial charge in [0.25, 0.3) is 0 Å². The molecular weight excluding hydrogens is 400 g/mol. The van der Waals surface area contributed by atoms with Gasteiger partial charge in [-0.25, -0.2) is 4.98 Å². The fourth-order valence-electron chi connectivity index (χ4n) is 3.10. The van der Waals surface area contributed by atoms with Crippen LogP contribution in [0.25, 0.3) is 4.96 Å². The molecule has 1 atom stereocenters. The number of methoxy groups -OCH3 is 1. The lowest BCUT2D eigenvalue weighted by atomic mass is 10.2. The third-order valence-electron chi connectivity index (χ3n) is 5.00. The number of fused-ring (bicyclic) bond motifs is 1. The molecule has 30 heavy (non-hydrogen) atoms. The van der Waals surface area contributed by atoms with E-state index in [1.54, 1.807) is 18.4 Å². The van der Waals surface area contributed by atoms with Gasteiger partial charge in [0.05, 0.1) is 12.8 Å². The zero-order valence-electron chi connectivity index (χ0n) is 18.4. The highest BCUT2D eigenvalue weighted by Gasteiger charge is 2.13. The number of aryl methyl sites for hydroxylation is 1. The first-order valence-corrected chi connectivity index (χ1v) is 11.0. The minimum absolute atomic E-state index is 0.224. The van der Waals surface area contributed by atoms with Gasteiger partial charge in [-0.15, -0.1) is 11.3 Å². The van der Waals surface area contributed by atoms with Gasteiger partial charge in [-0.05, 0) is 45.5 Å². The van der Waals surface area contributed by atoms with Crippen LogP contribution in [0.2, 0.25) is 0 Å². The van der Waals surface area contributed by atoms with Crippen molar-refractivity contribution in [2.45, 2.75) is 46.0 Å². The number of ether oxygens (including phenoxy) is 2. The van der Waals surface area contributed by atoms with E-state index in [2.05, 4.69) is 52.8 Å². The molecule has 0 amide bonds. The number of aliphatic hydroxyl groups is 1. The molecule has 0 aliphatic heterocycles. The lowest BCUT2D eigenvalue weighted by Gasteiger charge is -2.24. The second kappa shape index (κ2) is 10.3. The maximum absolute atomic E-state index is 10.2. The molecule has 8 heteroatoms. The van der Waals surface area contributed by atoms with E-state index in [9.17, 15) is 5.11 Å². The Bertz CT molecular complexity index is 922. The van der Waals surface area contributed by atoms with Crippen molar-refractivity contribution in [3.05, 3.63) is 46.7 Å².